The quantitative estimate of drug-likeness (QED) is 0.898. The second-order valence-corrected chi connectivity index (χ2v) is 5.43. The highest BCUT2D eigenvalue weighted by Crippen LogP contribution is 2.38. The average molecular weight is 271 g/mol. The van der Waals surface area contributed by atoms with E-state index in [0.29, 0.717) is 13.0 Å². The Morgan fingerprint density at radius 2 is 2.16 bits per heavy atom. The van der Waals surface area contributed by atoms with Gasteiger partial charge in [0.25, 0.3) is 6.43 Å². The van der Waals surface area contributed by atoms with E-state index in [0.717, 1.165) is 29.9 Å². The van der Waals surface area contributed by atoms with Gasteiger partial charge in [-0.1, -0.05) is 0 Å². The molecule has 1 aromatic heterocycles. The maximum absolute atomic E-state index is 13.1. The summed E-state index contributed by atoms with van der Waals surface area (Å²) in [4.78, 5) is 0. The SMILES string of the molecule is Cc1c(C2CCC(C)O2)nn2c1NCCC2C(F)F. The summed E-state index contributed by atoms with van der Waals surface area (Å²) >= 11 is 0. The first-order valence-corrected chi connectivity index (χ1v) is 6.84. The van der Waals surface area contributed by atoms with Gasteiger partial charge >= 0.3 is 0 Å². The van der Waals surface area contributed by atoms with Gasteiger partial charge in [0.15, 0.2) is 0 Å². The summed E-state index contributed by atoms with van der Waals surface area (Å²) in [7, 11) is 0. The summed E-state index contributed by atoms with van der Waals surface area (Å²) < 4.78 is 33.4. The molecule has 0 radical (unpaired) electrons. The van der Waals surface area contributed by atoms with Gasteiger partial charge in [0.05, 0.1) is 11.8 Å². The Bertz CT molecular complexity index is 475. The van der Waals surface area contributed by atoms with E-state index >= 15 is 0 Å². The molecule has 6 heteroatoms. The molecule has 2 aliphatic heterocycles. The number of halogens is 2. The van der Waals surface area contributed by atoms with Gasteiger partial charge in [-0.15, -0.1) is 0 Å². The normalized spacial score (nSPS) is 30.5. The van der Waals surface area contributed by atoms with Crippen LogP contribution in [0.1, 0.15) is 49.6 Å². The molecule has 1 fully saturated rings. The Morgan fingerprint density at radius 3 is 2.79 bits per heavy atom. The summed E-state index contributed by atoms with van der Waals surface area (Å²) in [5.41, 5.74) is 1.77. The maximum Gasteiger partial charge on any atom is 0.260 e. The summed E-state index contributed by atoms with van der Waals surface area (Å²) in [5.74, 6) is 0.731. The summed E-state index contributed by atoms with van der Waals surface area (Å²) in [6, 6.07) is -0.817. The molecule has 0 aromatic carbocycles. The predicted octanol–water partition coefficient (Wildman–Crippen LogP) is 3.05. The van der Waals surface area contributed by atoms with Crippen molar-refractivity contribution in [3.05, 3.63) is 11.3 Å². The molecular formula is C13H19F2N3O. The van der Waals surface area contributed by atoms with Crippen molar-refractivity contribution in [2.24, 2.45) is 0 Å². The topological polar surface area (TPSA) is 39.1 Å². The van der Waals surface area contributed by atoms with Crippen LogP contribution in [0.3, 0.4) is 0 Å². The fourth-order valence-corrected chi connectivity index (χ4v) is 2.99. The number of rotatable bonds is 2. The van der Waals surface area contributed by atoms with E-state index in [1.807, 2.05) is 13.8 Å². The van der Waals surface area contributed by atoms with Crippen molar-refractivity contribution in [2.45, 2.75) is 57.8 Å². The third kappa shape index (κ3) is 2.12. The number of fused-ring (bicyclic) bond motifs is 1. The van der Waals surface area contributed by atoms with Crippen LogP contribution in [0, 0.1) is 6.92 Å². The van der Waals surface area contributed by atoms with E-state index in [4.69, 9.17) is 4.74 Å². The molecule has 0 saturated carbocycles. The number of hydrogen-bond acceptors (Lipinski definition) is 3. The summed E-state index contributed by atoms with van der Waals surface area (Å²) in [5, 5.41) is 7.60. The lowest BCUT2D eigenvalue weighted by Crippen LogP contribution is -2.28. The van der Waals surface area contributed by atoms with Crippen molar-refractivity contribution in [1.29, 1.82) is 0 Å². The Hall–Kier alpha value is -1.17. The van der Waals surface area contributed by atoms with Crippen LogP contribution in [0.25, 0.3) is 0 Å². The van der Waals surface area contributed by atoms with E-state index < -0.39 is 12.5 Å². The zero-order valence-electron chi connectivity index (χ0n) is 11.2. The smallest absolute Gasteiger partial charge is 0.260 e. The van der Waals surface area contributed by atoms with Crippen molar-refractivity contribution >= 4 is 5.82 Å². The maximum atomic E-state index is 13.1. The van der Waals surface area contributed by atoms with Gasteiger partial charge in [-0.25, -0.2) is 13.5 Å². The van der Waals surface area contributed by atoms with Gasteiger partial charge in [0, 0.05) is 12.1 Å². The molecule has 19 heavy (non-hydrogen) atoms. The van der Waals surface area contributed by atoms with E-state index in [-0.39, 0.29) is 12.2 Å². The van der Waals surface area contributed by atoms with Crippen LogP contribution < -0.4 is 5.32 Å². The molecule has 1 N–H and O–H groups in total. The third-order valence-electron chi connectivity index (χ3n) is 4.06. The molecule has 1 saturated heterocycles. The van der Waals surface area contributed by atoms with E-state index in [1.165, 1.54) is 4.68 Å². The Kier molecular flexibility index (Phi) is 3.20. The lowest BCUT2D eigenvalue weighted by atomic mass is 10.1. The standard InChI is InChI=1S/C13H19F2N3O/c1-7-3-4-10(19-7)11-8(2)13-16-6-5-9(12(14)15)18(13)17-11/h7,9-10,12,16H,3-6H2,1-2H3. The highest BCUT2D eigenvalue weighted by atomic mass is 19.3. The van der Waals surface area contributed by atoms with Gasteiger partial charge in [0.1, 0.15) is 18.0 Å². The number of alkyl halides is 2. The first kappa shape index (κ1) is 12.8. The van der Waals surface area contributed by atoms with Gasteiger partial charge < -0.3 is 10.1 Å². The summed E-state index contributed by atoms with van der Waals surface area (Å²) in [6.07, 6.45) is 0.120. The van der Waals surface area contributed by atoms with Crippen molar-refractivity contribution < 1.29 is 13.5 Å². The largest absolute Gasteiger partial charge is 0.370 e. The van der Waals surface area contributed by atoms with Crippen LogP contribution in [0.4, 0.5) is 14.6 Å². The molecule has 0 spiro atoms. The summed E-state index contributed by atoms with van der Waals surface area (Å²) in [6.45, 7) is 4.54. The van der Waals surface area contributed by atoms with Gasteiger partial charge in [0.2, 0.25) is 0 Å². The molecule has 1 aromatic rings. The minimum Gasteiger partial charge on any atom is -0.370 e. The number of ether oxygens (including phenoxy) is 1. The fourth-order valence-electron chi connectivity index (χ4n) is 2.99. The molecule has 3 heterocycles. The van der Waals surface area contributed by atoms with E-state index in [1.54, 1.807) is 0 Å². The second kappa shape index (κ2) is 4.74. The van der Waals surface area contributed by atoms with Crippen LogP contribution >= 0.6 is 0 Å². The predicted molar refractivity (Wildman–Crippen MR) is 67.6 cm³/mol. The monoisotopic (exact) mass is 271 g/mol. The van der Waals surface area contributed by atoms with Gasteiger partial charge in [-0.3, -0.25) is 0 Å². The molecule has 2 aliphatic rings. The van der Waals surface area contributed by atoms with Crippen molar-refractivity contribution in [3.8, 4) is 0 Å². The van der Waals surface area contributed by atoms with Gasteiger partial charge in [-0.05, 0) is 33.1 Å². The first-order chi connectivity index (χ1) is 9.08. The molecule has 0 bridgehead atoms. The average Bonchev–Trinajstić information content (AvgIpc) is 2.93. The number of aromatic nitrogens is 2. The Morgan fingerprint density at radius 1 is 1.37 bits per heavy atom. The van der Waals surface area contributed by atoms with Crippen molar-refractivity contribution in [3.63, 3.8) is 0 Å². The minimum atomic E-state index is -2.38. The Balaban J connectivity index is 1.95. The van der Waals surface area contributed by atoms with Crippen molar-refractivity contribution in [2.75, 3.05) is 11.9 Å². The molecule has 3 atom stereocenters. The molecule has 106 valence electrons. The molecule has 0 amide bonds. The highest BCUT2D eigenvalue weighted by Gasteiger charge is 2.34. The van der Waals surface area contributed by atoms with Crippen LogP contribution in [-0.2, 0) is 4.74 Å². The van der Waals surface area contributed by atoms with Crippen LogP contribution in [-0.4, -0.2) is 28.9 Å². The zero-order chi connectivity index (χ0) is 13.6. The third-order valence-corrected chi connectivity index (χ3v) is 4.06. The lowest BCUT2D eigenvalue weighted by Gasteiger charge is -2.25. The van der Waals surface area contributed by atoms with Crippen LogP contribution in [0.15, 0.2) is 0 Å². The molecule has 4 nitrogen and oxygen atoms in total. The minimum absolute atomic E-state index is 0.0479. The van der Waals surface area contributed by atoms with E-state index in [9.17, 15) is 8.78 Å². The van der Waals surface area contributed by atoms with Crippen LogP contribution in [0.2, 0.25) is 0 Å². The zero-order valence-corrected chi connectivity index (χ0v) is 11.2. The second-order valence-electron chi connectivity index (χ2n) is 5.43. The first-order valence-electron chi connectivity index (χ1n) is 6.84. The van der Waals surface area contributed by atoms with Gasteiger partial charge in [-0.2, -0.15) is 5.10 Å². The number of nitrogens with zero attached hydrogens (tertiary/aromatic N) is 2. The van der Waals surface area contributed by atoms with Crippen LogP contribution in [0.5, 0.6) is 0 Å². The number of nitrogens with one attached hydrogen (secondary N) is 1. The fraction of sp³-hybridized carbons (Fsp3) is 0.769. The molecule has 0 aliphatic carbocycles. The molecule has 3 rings (SSSR count). The molecular weight excluding hydrogens is 252 g/mol. The highest BCUT2D eigenvalue weighted by molar-refractivity contribution is 5.49. The number of hydrogen-bond donors (Lipinski definition) is 1. The Labute approximate surface area is 111 Å². The van der Waals surface area contributed by atoms with Crippen molar-refractivity contribution in [1.82, 2.24) is 9.78 Å². The lowest BCUT2D eigenvalue weighted by molar-refractivity contribution is 0.0492. The number of anilines is 1. The van der Waals surface area contributed by atoms with E-state index in [2.05, 4.69) is 10.4 Å². The molecule has 3 unspecified atom stereocenters.